The minimum absolute atomic E-state index is 0.521. The molecule has 0 amide bonds. The Morgan fingerprint density at radius 1 is 1.03 bits per heavy atom. The molecule has 1 aromatic carbocycles. The van der Waals surface area contributed by atoms with E-state index < -0.39 is 0 Å². The monoisotopic (exact) mass is 414 g/mol. The van der Waals surface area contributed by atoms with Crippen LogP contribution in [0.15, 0.2) is 47.1 Å². The Bertz CT molecular complexity index is 1180. The molecule has 1 saturated carbocycles. The molecule has 5 rings (SSSR count). The predicted octanol–water partition coefficient (Wildman–Crippen LogP) is 6.25. The standard InChI is InChI=1S/C26H30N4O/c1-17-9-11-20(12-10-17)15-23-26(27-22-7-5-4-6-8-22)30-14-13-21(16-24(30)28-23)25-18(2)29-31-19(25)3/h9-14,16,22,27H,4-8,15H2,1-3H3. The van der Waals surface area contributed by atoms with E-state index >= 15 is 0 Å². The second-order valence-corrected chi connectivity index (χ2v) is 8.89. The third kappa shape index (κ3) is 3.97. The van der Waals surface area contributed by atoms with Crippen molar-refractivity contribution in [3.63, 3.8) is 0 Å². The number of anilines is 1. The largest absolute Gasteiger partial charge is 0.367 e. The Kier molecular flexibility index (Phi) is 5.26. The molecule has 1 aliphatic carbocycles. The van der Waals surface area contributed by atoms with Crippen molar-refractivity contribution in [3.05, 3.63) is 70.9 Å². The lowest BCUT2D eigenvalue weighted by Gasteiger charge is -2.24. The number of aryl methyl sites for hydroxylation is 3. The van der Waals surface area contributed by atoms with Crippen LogP contribution < -0.4 is 5.32 Å². The molecule has 31 heavy (non-hydrogen) atoms. The lowest BCUT2D eigenvalue weighted by Crippen LogP contribution is -2.23. The van der Waals surface area contributed by atoms with E-state index in [1.165, 1.54) is 43.2 Å². The van der Waals surface area contributed by atoms with Crippen LogP contribution in [0.4, 0.5) is 5.82 Å². The molecule has 1 aliphatic rings. The number of fused-ring (bicyclic) bond motifs is 1. The van der Waals surface area contributed by atoms with Gasteiger partial charge in [-0.25, -0.2) is 4.98 Å². The zero-order valence-corrected chi connectivity index (χ0v) is 18.6. The summed E-state index contributed by atoms with van der Waals surface area (Å²) in [7, 11) is 0. The van der Waals surface area contributed by atoms with Crippen LogP contribution in [0.2, 0.25) is 0 Å². The number of hydrogen-bond acceptors (Lipinski definition) is 4. The highest BCUT2D eigenvalue weighted by Gasteiger charge is 2.20. The third-order valence-corrected chi connectivity index (χ3v) is 6.46. The van der Waals surface area contributed by atoms with Crippen LogP contribution in [0.1, 0.15) is 60.4 Å². The summed E-state index contributed by atoms with van der Waals surface area (Å²) in [6.07, 6.45) is 9.37. The molecule has 3 aromatic heterocycles. The van der Waals surface area contributed by atoms with Crippen molar-refractivity contribution in [1.29, 1.82) is 0 Å². The van der Waals surface area contributed by atoms with Crippen molar-refractivity contribution >= 4 is 11.5 Å². The molecule has 0 aliphatic heterocycles. The quantitative estimate of drug-likeness (QED) is 0.419. The molecule has 3 heterocycles. The van der Waals surface area contributed by atoms with Crippen LogP contribution in [0.5, 0.6) is 0 Å². The van der Waals surface area contributed by atoms with Gasteiger partial charge in [-0.2, -0.15) is 0 Å². The van der Waals surface area contributed by atoms with Gasteiger partial charge in [0.15, 0.2) is 0 Å². The molecule has 0 saturated heterocycles. The second kappa shape index (κ2) is 8.22. The molecule has 1 N–H and O–H groups in total. The number of aromatic nitrogens is 3. The van der Waals surface area contributed by atoms with Crippen LogP contribution in [0, 0.1) is 20.8 Å². The Morgan fingerprint density at radius 3 is 2.52 bits per heavy atom. The summed E-state index contributed by atoms with van der Waals surface area (Å²) >= 11 is 0. The highest BCUT2D eigenvalue weighted by molar-refractivity contribution is 5.72. The number of pyridine rings is 1. The Hall–Kier alpha value is -3.08. The second-order valence-electron chi connectivity index (χ2n) is 8.89. The lowest BCUT2D eigenvalue weighted by molar-refractivity contribution is 0.393. The van der Waals surface area contributed by atoms with Crippen LogP contribution in [-0.2, 0) is 6.42 Å². The summed E-state index contributed by atoms with van der Waals surface area (Å²) in [6, 6.07) is 13.6. The van der Waals surface area contributed by atoms with Gasteiger partial charge in [0.25, 0.3) is 0 Å². The van der Waals surface area contributed by atoms with E-state index in [2.05, 4.69) is 64.4 Å². The fourth-order valence-corrected chi connectivity index (χ4v) is 4.76. The van der Waals surface area contributed by atoms with Gasteiger partial charge in [-0.05, 0) is 56.9 Å². The molecule has 0 bridgehead atoms. The summed E-state index contributed by atoms with van der Waals surface area (Å²) < 4.78 is 7.60. The van der Waals surface area contributed by atoms with Gasteiger partial charge in [0.2, 0.25) is 0 Å². The highest BCUT2D eigenvalue weighted by atomic mass is 16.5. The average molecular weight is 415 g/mol. The fourth-order valence-electron chi connectivity index (χ4n) is 4.76. The first-order valence-electron chi connectivity index (χ1n) is 11.3. The molecule has 160 valence electrons. The Balaban J connectivity index is 1.56. The summed E-state index contributed by atoms with van der Waals surface area (Å²) in [4.78, 5) is 5.08. The van der Waals surface area contributed by atoms with E-state index in [0.29, 0.717) is 6.04 Å². The Morgan fingerprint density at radius 2 is 1.81 bits per heavy atom. The summed E-state index contributed by atoms with van der Waals surface area (Å²) in [5.41, 5.74) is 7.69. The number of nitrogens with one attached hydrogen (secondary N) is 1. The lowest BCUT2D eigenvalue weighted by atomic mass is 9.95. The zero-order valence-electron chi connectivity index (χ0n) is 18.6. The van der Waals surface area contributed by atoms with Gasteiger partial charge in [-0.1, -0.05) is 54.2 Å². The van der Waals surface area contributed by atoms with E-state index in [-0.39, 0.29) is 0 Å². The van der Waals surface area contributed by atoms with Crippen molar-refractivity contribution < 1.29 is 4.52 Å². The average Bonchev–Trinajstić information content (AvgIpc) is 3.29. The molecular formula is C26H30N4O. The summed E-state index contributed by atoms with van der Waals surface area (Å²) in [6.45, 7) is 6.07. The number of imidazole rings is 1. The third-order valence-electron chi connectivity index (χ3n) is 6.46. The molecule has 1 fully saturated rings. The van der Waals surface area contributed by atoms with Gasteiger partial charge in [0, 0.05) is 24.2 Å². The van der Waals surface area contributed by atoms with Crippen molar-refractivity contribution in [2.45, 2.75) is 65.3 Å². The van der Waals surface area contributed by atoms with E-state index in [1.54, 1.807) is 0 Å². The smallest absolute Gasteiger partial charge is 0.141 e. The van der Waals surface area contributed by atoms with Gasteiger partial charge in [-0.15, -0.1) is 0 Å². The van der Waals surface area contributed by atoms with E-state index in [4.69, 9.17) is 9.51 Å². The number of hydrogen-bond donors (Lipinski definition) is 1. The van der Waals surface area contributed by atoms with E-state index in [9.17, 15) is 0 Å². The SMILES string of the molecule is Cc1ccc(Cc2nc3cc(-c4c(C)noc4C)ccn3c2NC2CCCCC2)cc1. The molecule has 5 nitrogen and oxygen atoms in total. The molecule has 0 atom stereocenters. The van der Waals surface area contributed by atoms with Gasteiger partial charge in [0.1, 0.15) is 17.2 Å². The highest BCUT2D eigenvalue weighted by Crippen LogP contribution is 2.31. The maximum atomic E-state index is 5.39. The summed E-state index contributed by atoms with van der Waals surface area (Å²) in [5, 5.41) is 7.97. The van der Waals surface area contributed by atoms with E-state index in [0.717, 1.165) is 46.2 Å². The van der Waals surface area contributed by atoms with Crippen LogP contribution in [0.3, 0.4) is 0 Å². The molecule has 4 aromatic rings. The first-order chi connectivity index (χ1) is 15.1. The van der Waals surface area contributed by atoms with Crippen molar-refractivity contribution in [1.82, 2.24) is 14.5 Å². The maximum Gasteiger partial charge on any atom is 0.141 e. The van der Waals surface area contributed by atoms with Gasteiger partial charge >= 0.3 is 0 Å². The molecule has 0 spiro atoms. The molecule has 5 heteroatoms. The minimum atomic E-state index is 0.521. The minimum Gasteiger partial charge on any atom is -0.367 e. The zero-order chi connectivity index (χ0) is 21.4. The van der Waals surface area contributed by atoms with Gasteiger partial charge < -0.3 is 9.84 Å². The predicted molar refractivity (Wildman–Crippen MR) is 125 cm³/mol. The summed E-state index contributed by atoms with van der Waals surface area (Å²) in [5.74, 6) is 1.97. The number of nitrogens with zero attached hydrogens (tertiary/aromatic N) is 3. The number of rotatable bonds is 5. The molecule has 0 radical (unpaired) electrons. The topological polar surface area (TPSA) is 55.4 Å². The molecular weight excluding hydrogens is 384 g/mol. The molecule has 0 unspecified atom stereocenters. The first kappa shape index (κ1) is 19.9. The van der Waals surface area contributed by atoms with Crippen molar-refractivity contribution in [3.8, 4) is 11.1 Å². The Labute approximate surface area is 183 Å². The first-order valence-corrected chi connectivity index (χ1v) is 11.3. The normalized spacial score (nSPS) is 14.9. The van der Waals surface area contributed by atoms with Crippen LogP contribution in [0.25, 0.3) is 16.8 Å². The van der Waals surface area contributed by atoms with Gasteiger partial charge in [0.05, 0.1) is 11.4 Å². The van der Waals surface area contributed by atoms with Crippen LogP contribution >= 0.6 is 0 Å². The fraction of sp³-hybridized carbons (Fsp3) is 0.385. The van der Waals surface area contributed by atoms with Crippen molar-refractivity contribution in [2.75, 3.05) is 5.32 Å². The van der Waals surface area contributed by atoms with Crippen LogP contribution in [-0.4, -0.2) is 20.6 Å². The van der Waals surface area contributed by atoms with Gasteiger partial charge in [-0.3, -0.25) is 4.40 Å². The maximum absolute atomic E-state index is 5.39. The van der Waals surface area contributed by atoms with E-state index in [1.807, 2.05) is 13.8 Å². The number of benzene rings is 1. The van der Waals surface area contributed by atoms with Crippen molar-refractivity contribution in [2.24, 2.45) is 0 Å².